The highest BCUT2D eigenvalue weighted by atomic mass is 35.5. The number of rotatable bonds is 5. The summed E-state index contributed by atoms with van der Waals surface area (Å²) in [6.45, 7) is 2.61. The van der Waals surface area contributed by atoms with Gasteiger partial charge in [-0.2, -0.15) is 0 Å². The van der Waals surface area contributed by atoms with E-state index < -0.39 is 0 Å². The molecule has 0 heterocycles. The van der Waals surface area contributed by atoms with E-state index in [0.29, 0.717) is 12.5 Å². The number of hydrogen-bond acceptors (Lipinski definition) is 1. The fourth-order valence-corrected chi connectivity index (χ4v) is 2.63. The van der Waals surface area contributed by atoms with Crippen molar-refractivity contribution in [3.63, 3.8) is 0 Å². The van der Waals surface area contributed by atoms with Gasteiger partial charge in [-0.15, -0.1) is 0 Å². The predicted molar refractivity (Wildman–Crippen MR) is 82.5 cm³/mol. The zero-order valence-electron chi connectivity index (χ0n) is 11.6. The molecule has 0 aromatic heterocycles. The first-order chi connectivity index (χ1) is 9.58. The number of aryl methyl sites for hydroxylation is 1. The molecule has 2 rings (SSSR count). The van der Waals surface area contributed by atoms with Crippen molar-refractivity contribution in [2.45, 2.75) is 19.8 Å². The molecule has 0 spiro atoms. The second-order valence-electron chi connectivity index (χ2n) is 5.23. The molecule has 1 atom stereocenters. The van der Waals surface area contributed by atoms with Gasteiger partial charge in [-0.3, -0.25) is 0 Å². The maximum Gasteiger partial charge on any atom is 0.123 e. The van der Waals surface area contributed by atoms with Crippen LogP contribution in [0.4, 0.5) is 4.39 Å². The lowest BCUT2D eigenvalue weighted by atomic mass is 9.92. The SMILES string of the molecule is Cc1ccc(CC(CN)Cc2ccc(F)cc2)c(Cl)c1. The van der Waals surface area contributed by atoms with E-state index in [1.165, 1.54) is 12.1 Å². The maximum atomic E-state index is 12.9. The Morgan fingerprint density at radius 2 is 1.80 bits per heavy atom. The van der Waals surface area contributed by atoms with Crippen LogP contribution in [0.3, 0.4) is 0 Å². The highest BCUT2D eigenvalue weighted by Crippen LogP contribution is 2.22. The molecular weight excluding hydrogens is 273 g/mol. The lowest BCUT2D eigenvalue weighted by Crippen LogP contribution is -2.19. The summed E-state index contributed by atoms with van der Waals surface area (Å²) in [5, 5.41) is 0.794. The Morgan fingerprint density at radius 3 is 2.40 bits per heavy atom. The highest BCUT2D eigenvalue weighted by Gasteiger charge is 2.11. The van der Waals surface area contributed by atoms with Crippen LogP contribution in [0.15, 0.2) is 42.5 Å². The normalized spacial score (nSPS) is 12.4. The molecule has 0 radical (unpaired) electrons. The molecule has 1 unspecified atom stereocenters. The second-order valence-corrected chi connectivity index (χ2v) is 5.64. The molecule has 3 heteroatoms. The molecule has 1 nitrogen and oxygen atoms in total. The van der Waals surface area contributed by atoms with E-state index in [-0.39, 0.29) is 5.82 Å². The molecule has 2 aromatic rings. The predicted octanol–water partition coefficient (Wildman–Crippen LogP) is 4.15. The molecule has 0 aliphatic heterocycles. The summed E-state index contributed by atoms with van der Waals surface area (Å²) in [6, 6.07) is 12.7. The largest absolute Gasteiger partial charge is 0.330 e. The lowest BCUT2D eigenvalue weighted by Gasteiger charge is -2.16. The van der Waals surface area contributed by atoms with Gasteiger partial charge >= 0.3 is 0 Å². The molecular formula is C17H19ClFN. The Bertz CT molecular complexity index is 566. The minimum Gasteiger partial charge on any atom is -0.330 e. The molecule has 106 valence electrons. The summed E-state index contributed by atoms with van der Waals surface area (Å²) in [6.07, 6.45) is 1.67. The number of nitrogens with two attached hydrogens (primary N) is 1. The quantitative estimate of drug-likeness (QED) is 0.880. The van der Waals surface area contributed by atoms with Crippen LogP contribution < -0.4 is 5.73 Å². The van der Waals surface area contributed by atoms with E-state index in [0.717, 1.165) is 34.6 Å². The fraction of sp³-hybridized carbons (Fsp3) is 0.294. The minimum absolute atomic E-state index is 0.209. The topological polar surface area (TPSA) is 26.0 Å². The van der Waals surface area contributed by atoms with Gasteiger partial charge in [-0.25, -0.2) is 4.39 Å². The molecule has 0 saturated carbocycles. The molecule has 2 N–H and O–H groups in total. The zero-order chi connectivity index (χ0) is 14.5. The van der Waals surface area contributed by atoms with Gasteiger partial charge in [-0.1, -0.05) is 35.9 Å². The Kier molecular flexibility index (Phi) is 5.16. The van der Waals surface area contributed by atoms with Gasteiger partial charge < -0.3 is 5.73 Å². The van der Waals surface area contributed by atoms with Gasteiger partial charge in [-0.05, 0) is 67.1 Å². The van der Waals surface area contributed by atoms with Crippen molar-refractivity contribution in [3.8, 4) is 0 Å². The van der Waals surface area contributed by atoms with Gasteiger partial charge in [0.1, 0.15) is 5.82 Å². The van der Waals surface area contributed by atoms with Crippen LogP contribution in [-0.2, 0) is 12.8 Å². The second kappa shape index (κ2) is 6.87. The van der Waals surface area contributed by atoms with Crippen molar-refractivity contribution >= 4 is 11.6 Å². The summed E-state index contributed by atoms with van der Waals surface area (Å²) in [4.78, 5) is 0. The van der Waals surface area contributed by atoms with E-state index in [1.807, 2.05) is 25.1 Å². The Labute approximate surface area is 124 Å². The van der Waals surface area contributed by atoms with Gasteiger partial charge in [0.25, 0.3) is 0 Å². The van der Waals surface area contributed by atoms with Crippen LogP contribution in [0.5, 0.6) is 0 Å². The maximum absolute atomic E-state index is 12.9. The van der Waals surface area contributed by atoms with E-state index in [1.54, 1.807) is 0 Å². The number of halogens is 2. The van der Waals surface area contributed by atoms with Crippen LogP contribution >= 0.6 is 11.6 Å². The van der Waals surface area contributed by atoms with Gasteiger partial charge in [0.15, 0.2) is 0 Å². The molecule has 2 aromatic carbocycles. The van der Waals surface area contributed by atoms with Crippen LogP contribution in [0.25, 0.3) is 0 Å². The Balaban J connectivity index is 2.07. The molecule has 20 heavy (non-hydrogen) atoms. The average molecular weight is 292 g/mol. The Hall–Kier alpha value is -1.38. The van der Waals surface area contributed by atoms with Crippen molar-refractivity contribution in [1.29, 1.82) is 0 Å². The van der Waals surface area contributed by atoms with E-state index >= 15 is 0 Å². The average Bonchev–Trinajstić information content (AvgIpc) is 2.43. The lowest BCUT2D eigenvalue weighted by molar-refractivity contribution is 0.532. The standard InChI is InChI=1S/C17H19ClFN/c1-12-2-5-15(17(18)8-12)10-14(11-20)9-13-3-6-16(19)7-4-13/h2-8,14H,9-11,20H2,1H3. The first-order valence-electron chi connectivity index (χ1n) is 6.78. The van der Waals surface area contributed by atoms with Crippen LogP contribution in [-0.4, -0.2) is 6.54 Å². The first kappa shape index (κ1) is 15.0. The third kappa shape index (κ3) is 4.06. The summed E-state index contributed by atoms with van der Waals surface area (Å²) < 4.78 is 12.9. The summed E-state index contributed by atoms with van der Waals surface area (Å²) in [5.74, 6) is 0.0975. The highest BCUT2D eigenvalue weighted by molar-refractivity contribution is 6.31. The van der Waals surface area contributed by atoms with Crippen molar-refractivity contribution < 1.29 is 4.39 Å². The van der Waals surface area contributed by atoms with E-state index in [4.69, 9.17) is 17.3 Å². The Morgan fingerprint density at radius 1 is 1.10 bits per heavy atom. The van der Waals surface area contributed by atoms with Gasteiger partial charge in [0.2, 0.25) is 0 Å². The molecule has 0 saturated heterocycles. The monoisotopic (exact) mass is 291 g/mol. The van der Waals surface area contributed by atoms with E-state index in [2.05, 4.69) is 12.1 Å². The summed E-state index contributed by atoms with van der Waals surface area (Å²) in [5.41, 5.74) is 9.24. The van der Waals surface area contributed by atoms with Crippen LogP contribution in [0.1, 0.15) is 16.7 Å². The van der Waals surface area contributed by atoms with Crippen molar-refractivity contribution in [2.75, 3.05) is 6.54 Å². The molecule has 0 aliphatic carbocycles. The molecule has 0 bridgehead atoms. The zero-order valence-corrected chi connectivity index (χ0v) is 12.3. The fourth-order valence-electron chi connectivity index (χ4n) is 2.32. The van der Waals surface area contributed by atoms with Crippen LogP contribution in [0.2, 0.25) is 5.02 Å². The molecule has 0 amide bonds. The minimum atomic E-state index is -0.209. The first-order valence-corrected chi connectivity index (χ1v) is 7.16. The van der Waals surface area contributed by atoms with Crippen molar-refractivity contribution in [2.24, 2.45) is 11.7 Å². The van der Waals surface area contributed by atoms with Gasteiger partial charge in [0.05, 0.1) is 0 Å². The number of hydrogen-bond donors (Lipinski definition) is 1. The summed E-state index contributed by atoms with van der Waals surface area (Å²) >= 11 is 6.26. The van der Waals surface area contributed by atoms with Crippen molar-refractivity contribution in [1.82, 2.24) is 0 Å². The molecule has 0 fully saturated rings. The molecule has 0 aliphatic rings. The third-order valence-corrected chi connectivity index (χ3v) is 3.84. The smallest absolute Gasteiger partial charge is 0.123 e. The van der Waals surface area contributed by atoms with E-state index in [9.17, 15) is 4.39 Å². The summed E-state index contributed by atoms with van der Waals surface area (Å²) in [7, 11) is 0. The number of benzene rings is 2. The van der Waals surface area contributed by atoms with Crippen LogP contribution in [0, 0.1) is 18.7 Å². The third-order valence-electron chi connectivity index (χ3n) is 3.49. The van der Waals surface area contributed by atoms with Crippen molar-refractivity contribution in [3.05, 3.63) is 70.0 Å². The van der Waals surface area contributed by atoms with Gasteiger partial charge in [0, 0.05) is 5.02 Å².